The van der Waals surface area contributed by atoms with Gasteiger partial charge < -0.3 is 18.9 Å². The second-order valence-corrected chi connectivity index (χ2v) is 13.8. The molecule has 0 bridgehead atoms. The van der Waals surface area contributed by atoms with Gasteiger partial charge >= 0.3 is 0 Å². The summed E-state index contributed by atoms with van der Waals surface area (Å²) in [7, 11) is 0. The summed E-state index contributed by atoms with van der Waals surface area (Å²) in [5.74, 6) is 0.850. The fourth-order valence-electron chi connectivity index (χ4n) is 5.68. The third-order valence-electron chi connectivity index (χ3n) is 8.16. The first-order valence-corrected chi connectivity index (χ1v) is 18.2. The lowest BCUT2D eigenvalue weighted by Gasteiger charge is -2.21. The molecule has 2 saturated heterocycles. The Kier molecular flexibility index (Phi) is 14.0. The van der Waals surface area contributed by atoms with E-state index >= 15 is 0 Å². The topological polar surface area (TPSA) is 129 Å². The maximum Gasteiger partial charge on any atom is 0.290 e. The molecule has 0 atom stereocenters. The number of hydrogen-bond acceptors (Lipinski definition) is 10. The van der Waals surface area contributed by atoms with Crippen molar-refractivity contribution in [1.29, 1.82) is 0 Å². The van der Waals surface area contributed by atoms with Crippen LogP contribution in [0.15, 0.2) is 58.3 Å². The molecule has 0 spiro atoms. The zero-order chi connectivity index (χ0) is 33.6. The van der Waals surface area contributed by atoms with E-state index in [9.17, 15) is 19.2 Å². The molecule has 2 aromatic carbocycles. The highest BCUT2D eigenvalue weighted by Crippen LogP contribution is 2.27. The highest BCUT2D eigenvalue weighted by Gasteiger charge is 2.25. The average Bonchev–Trinajstić information content (AvgIpc) is 3.60. The molecule has 6 rings (SSSR count). The van der Waals surface area contributed by atoms with Crippen LogP contribution < -0.4 is 20.1 Å². The van der Waals surface area contributed by atoms with E-state index in [0.717, 1.165) is 71.8 Å². The standard InChI is InChI=1S/2C18H21NO4S/c2*20-17-16(24-18(21)19-17)12-13-6-8-15(9-7-13)23-11-10-22-14-4-2-1-3-5-14/h2*6-9,12,14H,1-5,10-11H2,(H,19,20,21). The van der Waals surface area contributed by atoms with E-state index in [0.29, 0.717) is 48.4 Å². The summed E-state index contributed by atoms with van der Waals surface area (Å²) >= 11 is 1.83. The summed E-state index contributed by atoms with van der Waals surface area (Å²) in [6, 6.07) is 14.9. The lowest BCUT2D eigenvalue weighted by Crippen LogP contribution is -2.19. The zero-order valence-electron chi connectivity index (χ0n) is 26.9. The molecule has 0 radical (unpaired) electrons. The summed E-state index contributed by atoms with van der Waals surface area (Å²) in [6.45, 7) is 2.28. The quantitative estimate of drug-likeness (QED) is 0.170. The predicted molar refractivity (Wildman–Crippen MR) is 188 cm³/mol. The van der Waals surface area contributed by atoms with Crippen LogP contribution in [0.4, 0.5) is 9.59 Å². The summed E-state index contributed by atoms with van der Waals surface area (Å²) in [5, 5.41) is 3.82. The number of hydrogen-bond donors (Lipinski definition) is 2. The Morgan fingerprint density at radius 1 is 0.542 bits per heavy atom. The largest absolute Gasteiger partial charge is 0.491 e. The van der Waals surface area contributed by atoms with Crippen molar-refractivity contribution >= 4 is 58.0 Å². The van der Waals surface area contributed by atoms with Gasteiger partial charge in [-0.25, -0.2) is 0 Å². The van der Waals surface area contributed by atoms with Crippen LogP contribution >= 0.6 is 23.5 Å². The maximum absolute atomic E-state index is 11.5. The fraction of sp³-hybridized carbons (Fsp3) is 0.444. The molecule has 2 heterocycles. The summed E-state index contributed by atoms with van der Waals surface area (Å²) < 4.78 is 23.0. The number of carbonyl (C=O) groups is 4. The van der Waals surface area contributed by atoms with E-state index in [1.165, 1.54) is 38.5 Å². The van der Waals surface area contributed by atoms with Gasteiger partial charge in [0.05, 0.1) is 35.2 Å². The van der Waals surface area contributed by atoms with Gasteiger partial charge in [-0.3, -0.25) is 29.8 Å². The van der Waals surface area contributed by atoms with E-state index in [4.69, 9.17) is 18.9 Å². The molecule has 256 valence electrons. The molecule has 48 heavy (non-hydrogen) atoms. The van der Waals surface area contributed by atoms with Crippen molar-refractivity contribution in [3.8, 4) is 11.5 Å². The van der Waals surface area contributed by atoms with Gasteiger partial charge in [0.2, 0.25) is 0 Å². The molecule has 0 aromatic heterocycles. The van der Waals surface area contributed by atoms with E-state index in [1.807, 2.05) is 48.5 Å². The van der Waals surface area contributed by atoms with Crippen molar-refractivity contribution in [2.75, 3.05) is 26.4 Å². The Morgan fingerprint density at radius 2 is 0.917 bits per heavy atom. The number of imide groups is 2. The molecular formula is C36H42N2O8S2. The lowest BCUT2D eigenvalue weighted by molar-refractivity contribution is -0.116. The van der Waals surface area contributed by atoms with Gasteiger partial charge in [-0.2, -0.15) is 0 Å². The molecule has 2 aliphatic carbocycles. The van der Waals surface area contributed by atoms with Gasteiger partial charge in [0.15, 0.2) is 0 Å². The van der Waals surface area contributed by atoms with Gasteiger partial charge in [0.1, 0.15) is 24.7 Å². The minimum Gasteiger partial charge on any atom is -0.491 e. The summed E-state index contributed by atoms with van der Waals surface area (Å²) in [6.07, 6.45) is 16.6. The van der Waals surface area contributed by atoms with E-state index < -0.39 is 0 Å². The number of amides is 4. The molecule has 2 N–H and O–H groups in total. The van der Waals surface area contributed by atoms with Crippen molar-refractivity contribution in [3.05, 3.63) is 69.5 Å². The highest BCUT2D eigenvalue weighted by molar-refractivity contribution is 8.18. The third-order valence-corrected chi connectivity index (χ3v) is 9.78. The second kappa shape index (κ2) is 18.8. The Bertz CT molecular complexity index is 1350. The van der Waals surface area contributed by atoms with Crippen LogP contribution in [-0.4, -0.2) is 60.9 Å². The molecule has 10 nitrogen and oxygen atoms in total. The Hall–Kier alpha value is -3.58. The van der Waals surface area contributed by atoms with Gasteiger partial charge in [0.25, 0.3) is 22.3 Å². The monoisotopic (exact) mass is 694 g/mol. The molecule has 2 aromatic rings. The smallest absolute Gasteiger partial charge is 0.290 e. The van der Waals surface area contributed by atoms with Crippen LogP contribution in [0, 0.1) is 0 Å². The SMILES string of the molecule is O=C1NC(=O)C(=Cc2ccc(OCCOC3CCCCC3)cc2)S1.O=C1NC(=O)C(=Cc2ccc(OCCOC3CCCCC3)cc2)S1. The third kappa shape index (κ3) is 11.8. The molecule has 4 aliphatic rings. The molecule has 4 amide bonds. The molecule has 4 fully saturated rings. The molecule has 12 heteroatoms. The molecule has 0 unspecified atom stereocenters. The van der Waals surface area contributed by atoms with Gasteiger partial charge in [-0.1, -0.05) is 62.8 Å². The Balaban J connectivity index is 0.000000188. The first-order valence-electron chi connectivity index (χ1n) is 16.6. The highest BCUT2D eigenvalue weighted by atomic mass is 32.2. The minimum absolute atomic E-state index is 0.329. The van der Waals surface area contributed by atoms with Crippen molar-refractivity contribution in [2.24, 2.45) is 0 Å². The number of benzene rings is 2. The van der Waals surface area contributed by atoms with Crippen LogP contribution in [0.3, 0.4) is 0 Å². The van der Waals surface area contributed by atoms with Crippen LogP contribution in [0.2, 0.25) is 0 Å². The molecule has 2 aliphatic heterocycles. The van der Waals surface area contributed by atoms with Crippen LogP contribution in [0.1, 0.15) is 75.3 Å². The van der Waals surface area contributed by atoms with E-state index in [1.54, 1.807) is 12.2 Å². The van der Waals surface area contributed by atoms with Crippen molar-refractivity contribution in [1.82, 2.24) is 10.6 Å². The van der Waals surface area contributed by atoms with Crippen LogP contribution in [0.25, 0.3) is 12.2 Å². The van der Waals surface area contributed by atoms with Gasteiger partial charge in [-0.05, 0) is 96.8 Å². The minimum atomic E-state index is -0.342. The summed E-state index contributed by atoms with van der Waals surface area (Å²) in [5.41, 5.74) is 1.71. The molecule has 2 saturated carbocycles. The zero-order valence-corrected chi connectivity index (χ0v) is 28.5. The number of rotatable bonds is 12. The van der Waals surface area contributed by atoms with Crippen molar-refractivity contribution in [3.63, 3.8) is 0 Å². The fourth-order valence-corrected chi connectivity index (χ4v) is 7.04. The number of thioether (sulfide) groups is 2. The van der Waals surface area contributed by atoms with Gasteiger partial charge in [0, 0.05) is 0 Å². The van der Waals surface area contributed by atoms with E-state index in [-0.39, 0.29) is 22.3 Å². The van der Waals surface area contributed by atoms with Crippen molar-refractivity contribution in [2.45, 2.75) is 76.4 Å². The van der Waals surface area contributed by atoms with Crippen LogP contribution in [-0.2, 0) is 19.1 Å². The Morgan fingerprint density at radius 3 is 1.25 bits per heavy atom. The van der Waals surface area contributed by atoms with E-state index in [2.05, 4.69) is 10.6 Å². The van der Waals surface area contributed by atoms with Crippen LogP contribution in [0.5, 0.6) is 11.5 Å². The second-order valence-electron chi connectivity index (χ2n) is 11.8. The predicted octanol–water partition coefficient (Wildman–Crippen LogP) is 7.48. The lowest BCUT2D eigenvalue weighted by atomic mass is 9.98. The first-order chi connectivity index (χ1) is 23.4. The molecular weight excluding hydrogens is 653 g/mol. The number of ether oxygens (including phenoxy) is 4. The maximum atomic E-state index is 11.5. The first kappa shape index (κ1) is 35.7. The average molecular weight is 695 g/mol. The Labute approximate surface area is 289 Å². The van der Waals surface area contributed by atoms with Gasteiger partial charge in [-0.15, -0.1) is 0 Å². The number of nitrogens with one attached hydrogen (secondary N) is 2. The number of carbonyl (C=O) groups excluding carboxylic acids is 4. The normalized spacial score (nSPS) is 20.4. The summed E-state index contributed by atoms with van der Waals surface area (Å²) in [4.78, 5) is 46.1. The van der Waals surface area contributed by atoms with Crippen molar-refractivity contribution < 1.29 is 38.1 Å².